The maximum atomic E-state index is 12.5. The predicted octanol–water partition coefficient (Wildman–Crippen LogP) is 6.81. The molecule has 0 unspecified atom stereocenters. The van der Waals surface area contributed by atoms with Crippen LogP contribution in [0.4, 0.5) is 0 Å². The molecule has 184 valence electrons. The largest absolute Gasteiger partial charge is 0.479 e. The highest BCUT2D eigenvalue weighted by atomic mass is 35.5. The lowest BCUT2D eigenvalue weighted by Gasteiger charge is -2.28. The van der Waals surface area contributed by atoms with Crippen LogP contribution in [0.3, 0.4) is 0 Å². The molecule has 0 aliphatic rings. The average Bonchev–Trinajstić information content (AvgIpc) is 3.38. The number of aromatic nitrogens is 4. The van der Waals surface area contributed by atoms with Gasteiger partial charge < -0.3 is 9.84 Å². The van der Waals surface area contributed by atoms with Crippen LogP contribution in [0.15, 0.2) is 48.8 Å². The smallest absolute Gasteiger partial charge is 0.337 e. The van der Waals surface area contributed by atoms with Crippen molar-refractivity contribution in [1.82, 2.24) is 19.7 Å². The van der Waals surface area contributed by atoms with Gasteiger partial charge in [0.1, 0.15) is 10.5 Å². The van der Waals surface area contributed by atoms with Gasteiger partial charge in [-0.05, 0) is 63.1 Å². The number of halogens is 1. The molecule has 9 heteroatoms. The number of fused-ring (bicyclic) bond motifs is 2. The number of aliphatic carboxylic acids is 1. The van der Waals surface area contributed by atoms with E-state index < -0.39 is 17.7 Å². The van der Waals surface area contributed by atoms with E-state index in [-0.39, 0.29) is 0 Å². The van der Waals surface area contributed by atoms with E-state index in [0.717, 1.165) is 48.5 Å². The predicted molar refractivity (Wildman–Crippen MR) is 144 cm³/mol. The topological polar surface area (TPSA) is 90.1 Å². The minimum Gasteiger partial charge on any atom is -0.479 e. The summed E-state index contributed by atoms with van der Waals surface area (Å²) in [4.78, 5) is 22.0. The van der Waals surface area contributed by atoms with Crippen molar-refractivity contribution in [3.05, 3.63) is 64.9 Å². The number of ether oxygens (including phenoxy) is 1. The monoisotopic (exact) mass is 520 g/mol. The molecule has 1 atom stereocenters. The van der Waals surface area contributed by atoms with Crippen molar-refractivity contribution >= 4 is 50.0 Å². The fourth-order valence-electron chi connectivity index (χ4n) is 4.32. The average molecular weight is 521 g/mol. The van der Waals surface area contributed by atoms with Gasteiger partial charge in [-0.25, -0.2) is 9.78 Å². The summed E-state index contributed by atoms with van der Waals surface area (Å²) in [6.07, 6.45) is 2.53. The number of hydrogen-bond donors (Lipinski definition) is 1. The Morgan fingerprint density at radius 1 is 1.17 bits per heavy atom. The second-order valence-corrected chi connectivity index (χ2v) is 11.2. The maximum Gasteiger partial charge on any atom is 0.337 e. The number of aryl methyl sites for hydroxylation is 2. The fourth-order valence-corrected chi connectivity index (χ4v) is 5.53. The van der Waals surface area contributed by atoms with Crippen molar-refractivity contribution in [3.63, 3.8) is 0 Å². The summed E-state index contributed by atoms with van der Waals surface area (Å²) >= 11 is 7.66. The molecule has 0 saturated heterocycles. The van der Waals surface area contributed by atoms with Crippen LogP contribution in [0.5, 0.6) is 0 Å². The Balaban J connectivity index is 1.78. The van der Waals surface area contributed by atoms with Crippen LogP contribution in [-0.2, 0) is 16.6 Å². The SMILES string of the molecule is Cc1cc2nc(-c3cc4cn(C)nc4cn3)sc2c(-c2ccc(Cl)cc2)c1[C@H](OC(C)(C)C)C(=O)O. The van der Waals surface area contributed by atoms with Crippen molar-refractivity contribution in [2.45, 2.75) is 39.4 Å². The highest BCUT2D eigenvalue weighted by Crippen LogP contribution is 2.44. The Kier molecular flexibility index (Phi) is 6.06. The van der Waals surface area contributed by atoms with Gasteiger partial charge in [0.15, 0.2) is 6.10 Å². The second kappa shape index (κ2) is 8.96. The summed E-state index contributed by atoms with van der Waals surface area (Å²) in [5, 5.41) is 16.9. The number of pyridine rings is 1. The highest BCUT2D eigenvalue weighted by molar-refractivity contribution is 7.22. The van der Waals surface area contributed by atoms with Gasteiger partial charge in [-0.15, -0.1) is 11.3 Å². The van der Waals surface area contributed by atoms with Crippen LogP contribution in [-0.4, -0.2) is 36.4 Å². The molecule has 5 rings (SSSR count). The number of nitrogens with zero attached hydrogens (tertiary/aromatic N) is 4. The van der Waals surface area contributed by atoms with E-state index in [1.807, 2.05) is 65.2 Å². The highest BCUT2D eigenvalue weighted by Gasteiger charge is 2.32. The molecule has 3 aromatic heterocycles. The molecule has 0 aliphatic carbocycles. The quantitative estimate of drug-likeness (QED) is 0.273. The minimum absolute atomic E-state index is 0.601. The first-order valence-corrected chi connectivity index (χ1v) is 12.6. The van der Waals surface area contributed by atoms with Gasteiger partial charge in [-0.1, -0.05) is 23.7 Å². The Hall–Kier alpha value is -3.33. The normalized spacial score (nSPS) is 12.9. The van der Waals surface area contributed by atoms with Gasteiger partial charge >= 0.3 is 5.97 Å². The number of rotatable bonds is 5. The maximum absolute atomic E-state index is 12.5. The first-order chi connectivity index (χ1) is 17.0. The molecule has 0 spiro atoms. The number of carbonyl (C=O) groups is 1. The molecule has 0 aliphatic heterocycles. The fraction of sp³-hybridized carbons (Fsp3) is 0.259. The zero-order chi connectivity index (χ0) is 25.8. The van der Waals surface area contributed by atoms with Crippen LogP contribution in [0.2, 0.25) is 5.02 Å². The van der Waals surface area contributed by atoms with E-state index in [1.165, 1.54) is 11.3 Å². The number of benzene rings is 2. The zero-order valence-electron chi connectivity index (χ0n) is 20.5. The molecule has 2 aromatic carbocycles. The third-order valence-electron chi connectivity index (χ3n) is 5.74. The van der Waals surface area contributed by atoms with E-state index in [1.54, 1.807) is 23.0 Å². The van der Waals surface area contributed by atoms with Gasteiger partial charge in [0, 0.05) is 34.8 Å². The van der Waals surface area contributed by atoms with Crippen molar-refractivity contribution in [1.29, 1.82) is 0 Å². The molecule has 5 aromatic rings. The zero-order valence-corrected chi connectivity index (χ0v) is 22.1. The molecule has 0 bridgehead atoms. The van der Waals surface area contributed by atoms with E-state index in [0.29, 0.717) is 10.6 Å². The summed E-state index contributed by atoms with van der Waals surface area (Å²) in [5.74, 6) is -1.05. The van der Waals surface area contributed by atoms with E-state index in [9.17, 15) is 9.90 Å². The molecule has 7 nitrogen and oxygen atoms in total. The van der Waals surface area contributed by atoms with Crippen LogP contribution >= 0.6 is 22.9 Å². The molecule has 1 N–H and O–H groups in total. The van der Waals surface area contributed by atoms with Crippen LogP contribution in [0.1, 0.15) is 38.0 Å². The van der Waals surface area contributed by atoms with Gasteiger partial charge in [0.25, 0.3) is 0 Å². The Morgan fingerprint density at radius 3 is 2.56 bits per heavy atom. The van der Waals surface area contributed by atoms with Crippen molar-refractivity contribution in [2.24, 2.45) is 7.05 Å². The van der Waals surface area contributed by atoms with Crippen molar-refractivity contribution in [3.8, 4) is 21.8 Å². The molecule has 3 heterocycles. The van der Waals surface area contributed by atoms with Crippen LogP contribution in [0, 0.1) is 6.92 Å². The van der Waals surface area contributed by atoms with Gasteiger partial charge in [-0.3, -0.25) is 9.67 Å². The summed E-state index contributed by atoms with van der Waals surface area (Å²) < 4.78 is 8.70. The summed E-state index contributed by atoms with van der Waals surface area (Å²) in [5.41, 5.74) is 4.68. The van der Waals surface area contributed by atoms with E-state index in [4.69, 9.17) is 21.3 Å². The molecule has 0 amide bonds. The number of hydrogen-bond acceptors (Lipinski definition) is 6. The summed E-state index contributed by atoms with van der Waals surface area (Å²) in [7, 11) is 1.87. The standard InChI is InChI=1S/C27H25ClN4O3S/c1-14-10-18-24(36-25(30-18)19-11-16-13-32(5)31-20(16)12-29-19)22(15-6-8-17(28)9-7-15)21(14)23(26(33)34)35-27(2,3)4/h6-13,23H,1-5H3,(H,33,34)/t23-/m0/s1. The minimum atomic E-state index is -1.16. The second-order valence-electron chi connectivity index (χ2n) is 9.74. The molecular formula is C27H25ClN4O3S. The summed E-state index contributed by atoms with van der Waals surface area (Å²) in [6.45, 7) is 7.45. The Morgan fingerprint density at radius 2 is 1.89 bits per heavy atom. The number of thiazole rings is 1. The first-order valence-electron chi connectivity index (χ1n) is 11.4. The van der Waals surface area contributed by atoms with Crippen molar-refractivity contribution in [2.75, 3.05) is 0 Å². The summed E-state index contributed by atoms with van der Waals surface area (Å²) in [6, 6.07) is 11.3. The lowest BCUT2D eigenvalue weighted by atomic mass is 9.91. The molecular weight excluding hydrogens is 496 g/mol. The molecule has 0 radical (unpaired) electrons. The van der Waals surface area contributed by atoms with Gasteiger partial charge in [0.05, 0.1) is 27.7 Å². The van der Waals surface area contributed by atoms with Crippen LogP contribution < -0.4 is 0 Å². The van der Waals surface area contributed by atoms with Gasteiger partial charge in [0.2, 0.25) is 0 Å². The van der Waals surface area contributed by atoms with E-state index in [2.05, 4.69) is 10.1 Å². The Labute approximate surface area is 217 Å². The van der Waals surface area contributed by atoms with Crippen LogP contribution in [0.25, 0.3) is 42.9 Å². The van der Waals surface area contributed by atoms with Crippen molar-refractivity contribution < 1.29 is 14.6 Å². The first kappa shape index (κ1) is 24.4. The lowest BCUT2D eigenvalue weighted by molar-refractivity contribution is -0.160. The van der Waals surface area contributed by atoms with E-state index >= 15 is 0 Å². The third-order valence-corrected chi connectivity index (χ3v) is 7.11. The molecule has 0 fully saturated rings. The molecule has 0 saturated carbocycles. The number of carboxylic acids is 1. The number of carboxylic acid groups (broad SMARTS) is 1. The molecule has 36 heavy (non-hydrogen) atoms. The van der Waals surface area contributed by atoms with Gasteiger partial charge in [-0.2, -0.15) is 5.10 Å². The Bertz CT molecular complexity index is 1620. The lowest BCUT2D eigenvalue weighted by Crippen LogP contribution is -2.28. The third kappa shape index (κ3) is 4.59.